The number of aryl methyl sites for hydroxylation is 1. The lowest BCUT2D eigenvalue weighted by Crippen LogP contribution is -2.26. The van der Waals surface area contributed by atoms with E-state index >= 15 is 0 Å². The zero-order valence-corrected chi connectivity index (χ0v) is 17.6. The number of nitrogens with one attached hydrogen (secondary N) is 1. The lowest BCUT2D eigenvalue weighted by molar-refractivity contribution is 0.146. The van der Waals surface area contributed by atoms with Crippen LogP contribution in [-0.2, 0) is 24.1 Å². The van der Waals surface area contributed by atoms with Crippen molar-refractivity contribution in [3.63, 3.8) is 0 Å². The second-order valence-electron chi connectivity index (χ2n) is 7.24. The minimum atomic E-state index is 0. The number of aromatic nitrogens is 3. The Bertz CT molecular complexity index is 1030. The predicted octanol–water partition coefficient (Wildman–Crippen LogP) is 2.38. The Morgan fingerprint density at radius 1 is 1.17 bits per heavy atom. The van der Waals surface area contributed by atoms with E-state index in [-0.39, 0.29) is 18.0 Å². The molecule has 0 radical (unpaired) electrons. The molecule has 1 aliphatic rings. The quantitative estimate of drug-likeness (QED) is 0.622. The summed E-state index contributed by atoms with van der Waals surface area (Å²) in [6.07, 6.45) is 1.50. The highest BCUT2D eigenvalue weighted by atomic mass is 35.5. The van der Waals surface area contributed by atoms with E-state index in [1.54, 1.807) is 11.6 Å². The van der Waals surface area contributed by atoms with Crippen LogP contribution in [0.25, 0.3) is 5.65 Å². The summed E-state index contributed by atoms with van der Waals surface area (Å²) in [5.74, 6) is 0.859. The van der Waals surface area contributed by atoms with Gasteiger partial charge in [-0.3, -0.25) is 14.8 Å². The van der Waals surface area contributed by atoms with Crippen LogP contribution in [0.5, 0.6) is 5.75 Å². The van der Waals surface area contributed by atoms with Gasteiger partial charge in [-0.25, -0.2) is 9.50 Å². The molecule has 0 unspecified atom stereocenters. The van der Waals surface area contributed by atoms with Gasteiger partial charge in [-0.1, -0.05) is 12.1 Å². The number of halogens is 1. The summed E-state index contributed by atoms with van der Waals surface area (Å²) in [5.41, 5.74) is 4.65. The lowest BCUT2D eigenvalue weighted by atomic mass is 10.1. The van der Waals surface area contributed by atoms with Gasteiger partial charge in [0, 0.05) is 50.5 Å². The smallest absolute Gasteiger partial charge is 0.276 e. The van der Waals surface area contributed by atoms with E-state index in [2.05, 4.69) is 22.1 Å². The second-order valence-corrected chi connectivity index (χ2v) is 7.24. The third-order valence-corrected chi connectivity index (χ3v) is 5.13. The normalized spacial score (nSPS) is 14.3. The van der Waals surface area contributed by atoms with E-state index < -0.39 is 0 Å². The van der Waals surface area contributed by atoms with Crippen LogP contribution in [-0.4, -0.2) is 52.9 Å². The van der Waals surface area contributed by atoms with Crippen molar-refractivity contribution in [2.45, 2.75) is 26.3 Å². The van der Waals surface area contributed by atoms with E-state index in [1.165, 1.54) is 5.56 Å². The van der Waals surface area contributed by atoms with E-state index in [1.807, 2.05) is 25.1 Å². The predicted molar refractivity (Wildman–Crippen MR) is 114 cm³/mol. The van der Waals surface area contributed by atoms with Gasteiger partial charge in [0.15, 0.2) is 5.65 Å². The largest absolute Gasteiger partial charge is 0.491 e. The van der Waals surface area contributed by atoms with Crippen molar-refractivity contribution in [3.8, 4) is 5.75 Å². The second kappa shape index (κ2) is 9.43. The highest BCUT2D eigenvalue weighted by molar-refractivity contribution is 5.85. The SMILES string of the molecule is COCCOc1cccc(CN2CCc3nc4cc(C)[nH]n4c(=O)c3CC2)c1.Cl. The fourth-order valence-electron chi connectivity index (χ4n) is 3.72. The number of hydrogen-bond acceptors (Lipinski definition) is 5. The molecular formula is C21H27ClN4O3. The fraction of sp³-hybridized carbons (Fsp3) is 0.429. The Balaban J connectivity index is 0.00000240. The number of hydrogen-bond donors (Lipinski definition) is 1. The maximum Gasteiger partial charge on any atom is 0.276 e. The van der Waals surface area contributed by atoms with Gasteiger partial charge in [-0.2, -0.15) is 0 Å². The molecule has 1 aromatic carbocycles. The molecule has 8 heteroatoms. The summed E-state index contributed by atoms with van der Waals surface area (Å²) in [5, 5.41) is 3.08. The molecule has 0 atom stereocenters. The molecule has 0 saturated heterocycles. The average Bonchev–Trinajstić information content (AvgIpc) is 2.94. The van der Waals surface area contributed by atoms with Gasteiger partial charge in [0.25, 0.3) is 5.56 Å². The van der Waals surface area contributed by atoms with Crippen LogP contribution < -0.4 is 10.3 Å². The van der Waals surface area contributed by atoms with Gasteiger partial charge in [-0.15, -0.1) is 12.4 Å². The molecule has 0 amide bonds. The monoisotopic (exact) mass is 418 g/mol. The van der Waals surface area contributed by atoms with Crippen LogP contribution >= 0.6 is 12.4 Å². The van der Waals surface area contributed by atoms with Crippen LogP contribution in [0.3, 0.4) is 0 Å². The number of benzene rings is 1. The highest BCUT2D eigenvalue weighted by Gasteiger charge is 2.20. The molecule has 156 valence electrons. The number of ether oxygens (including phenoxy) is 2. The summed E-state index contributed by atoms with van der Waals surface area (Å²) in [6, 6.07) is 10.1. The van der Waals surface area contributed by atoms with E-state index in [0.29, 0.717) is 25.3 Å². The van der Waals surface area contributed by atoms with Crippen LogP contribution in [0.15, 0.2) is 35.1 Å². The number of rotatable bonds is 6. The number of nitrogens with zero attached hydrogens (tertiary/aromatic N) is 3. The van der Waals surface area contributed by atoms with Crippen LogP contribution in [0.2, 0.25) is 0 Å². The van der Waals surface area contributed by atoms with Crippen LogP contribution in [0.4, 0.5) is 0 Å². The van der Waals surface area contributed by atoms with Gasteiger partial charge in [0.05, 0.1) is 12.3 Å². The average molecular weight is 419 g/mol. The Hall–Kier alpha value is -2.35. The Morgan fingerprint density at radius 2 is 2.00 bits per heavy atom. The third kappa shape index (κ3) is 4.80. The van der Waals surface area contributed by atoms with E-state index in [0.717, 1.165) is 48.8 Å². The van der Waals surface area contributed by atoms with Crippen molar-refractivity contribution >= 4 is 18.1 Å². The minimum absolute atomic E-state index is 0. The summed E-state index contributed by atoms with van der Waals surface area (Å²) in [4.78, 5) is 19.9. The number of methoxy groups -OCH3 is 1. The van der Waals surface area contributed by atoms with Crippen molar-refractivity contribution in [2.24, 2.45) is 0 Å². The molecule has 0 saturated carbocycles. The van der Waals surface area contributed by atoms with Gasteiger partial charge in [-0.05, 0) is 31.0 Å². The fourth-order valence-corrected chi connectivity index (χ4v) is 3.72. The molecule has 3 heterocycles. The van der Waals surface area contributed by atoms with Gasteiger partial charge in [0.1, 0.15) is 12.4 Å². The van der Waals surface area contributed by atoms with Crippen molar-refractivity contribution in [2.75, 3.05) is 33.4 Å². The number of fused-ring (bicyclic) bond motifs is 2. The highest BCUT2D eigenvalue weighted by Crippen LogP contribution is 2.18. The van der Waals surface area contributed by atoms with Gasteiger partial charge in [0.2, 0.25) is 0 Å². The first-order valence-corrected chi connectivity index (χ1v) is 9.67. The van der Waals surface area contributed by atoms with Gasteiger partial charge >= 0.3 is 0 Å². The van der Waals surface area contributed by atoms with Crippen molar-refractivity contribution in [1.29, 1.82) is 0 Å². The van der Waals surface area contributed by atoms with E-state index in [9.17, 15) is 4.79 Å². The zero-order chi connectivity index (χ0) is 19.5. The summed E-state index contributed by atoms with van der Waals surface area (Å²) >= 11 is 0. The zero-order valence-electron chi connectivity index (χ0n) is 16.8. The van der Waals surface area contributed by atoms with E-state index in [4.69, 9.17) is 14.5 Å². The maximum absolute atomic E-state index is 12.8. The third-order valence-electron chi connectivity index (χ3n) is 5.13. The Labute approximate surface area is 176 Å². The molecule has 3 aromatic rings. The molecule has 4 rings (SSSR count). The molecule has 1 aliphatic heterocycles. The summed E-state index contributed by atoms with van der Waals surface area (Å²) in [6.45, 7) is 5.60. The molecular weight excluding hydrogens is 392 g/mol. The topological polar surface area (TPSA) is 71.9 Å². The molecule has 0 spiro atoms. The standard InChI is InChI=1S/C21H26N4O3.ClH/c1-15-12-20-22-19-7-9-24(8-6-18(19)21(26)25(20)23-15)14-16-4-3-5-17(13-16)28-11-10-27-2;/h3-5,12-13,23H,6-11,14H2,1-2H3;1H. The molecule has 0 aliphatic carbocycles. The first-order chi connectivity index (χ1) is 13.6. The molecule has 7 nitrogen and oxygen atoms in total. The number of aromatic amines is 1. The molecule has 29 heavy (non-hydrogen) atoms. The molecule has 0 fully saturated rings. The van der Waals surface area contributed by atoms with Crippen molar-refractivity contribution in [1.82, 2.24) is 19.5 Å². The first-order valence-electron chi connectivity index (χ1n) is 9.67. The molecule has 2 aromatic heterocycles. The lowest BCUT2D eigenvalue weighted by Gasteiger charge is -2.20. The summed E-state index contributed by atoms with van der Waals surface area (Å²) < 4.78 is 12.3. The molecule has 1 N–H and O–H groups in total. The van der Waals surface area contributed by atoms with Crippen LogP contribution in [0.1, 0.15) is 22.5 Å². The maximum atomic E-state index is 12.8. The van der Waals surface area contributed by atoms with Gasteiger partial charge < -0.3 is 9.47 Å². The van der Waals surface area contributed by atoms with Crippen molar-refractivity contribution in [3.05, 3.63) is 63.2 Å². The summed E-state index contributed by atoms with van der Waals surface area (Å²) in [7, 11) is 1.67. The van der Waals surface area contributed by atoms with Crippen LogP contribution in [0, 0.1) is 6.92 Å². The number of H-pyrrole nitrogens is 1. The van der Waals surface area contributed by atoms with Crippen molar-refractivity contribution < 1.29 is 9.47 Å². The Morgan fingerprint density at radius 3 is 2.83 bits per heavy atom. The molecule has 0 bridgehead atoms. The first kappa shape index (κ1) is 21.4. The Kier molecular flexibility index (Phi) is 6.95. The minimum Gasteiger partial charge on any atom is -0.491 e.